The van der Waals surface area contributed by atoms with Crippen molar-refractivity contribution >= 4 is 15.7 Å². The lowest BCUT2D eigenvalue weighted by Gasteiger charge is -2.11. The van der Waals surface area contributed by atoms with Gasteiger partial charge in [0.25, 0.3) is 0 Å². The minimum atomic E-state index is -3.76. The minimum Gasteiger partial charge on any atom is -0.493 e. The molecule has 0 aliphatic carbocycles. The number of benzene rings is 1. The fourth-order valence-corrected chi connectivity index (χ4v) is 2.11. The van der Waals surface area contributed by atoms with Crippen molar-refractivity contribution in [2.24, 2.45) is 5.14 Å². The van der Waals surface area contributed by atoms with Crippen LogP contribution in [0.4, 0.5) is 5.69 Å². The summed E-state index contributed by atoms with van der Waals surface area (Å²) in [5, 5.41) is 5.05. The molecule has 0 bridgehead atoms. The average molecular weight is 230 g/mol. The third-order valence-corrected chi connectivity index (χ3v) is 2.98. The van der Waals surface area contributed by atoms with Crippen molar-refractivity contribution in [1.29, 1.82) is 0 Å². The van der Waals surface area contributed by atoms with Crippen molar-refractivity contribution in [3.05, 3.63) is 17.7 Å². The zero-order valence-corrected chi connectivity index (χ0v) is 9.47. The van der Waals surface area contributed by atoms with Gasteiger partial charge in [-0.25, -0.2) is 13.6 Å². The predicted molar refractivity (Wildman–Crippen MR) is 58.1 cm³/mol. The first kappa shape index (κ1) is 11.8. The first-order chi connectivity index (χ1) is 6.86. The van der Waals surface area contributed by atoms with Crippen LogP contribution in [0.5, 0.6) is 5.75 Å². The summed E-state index contributed by atoms with van der Waals surface area (Å²) in [5.74, 6) is 0.446. The van der Waals surface area contributed by atoms with E-state index in [4.69, 9.17) is 15.6 Å². The van der Waals surface area contributed by atoms with Crippen LogP contribution in [0.15, 0.2) is 17.0 Å². The van der Waals surface area contributed by atoms with Gasteiger partial charge in [-0.05, 0) is 19.9 Å². The highest BCUT2D eigenvalue weighted by atomic mass is 32.2. The average Bonchev–Trinajstić information content (AvgIpc) is 2.09. The Morgan fingerprint density at radius 1 is 1.40 bits per heavy atom. The maximum atomic E-state index is 11.2. The van der Waals surface area contributed by atoms with Crippen LogP contribution in [0.3, 0.4) is 0 Å². The van der Waals surface area contributed by atoms with Crippen molar-refractivity contribution in [1.82, 2.24) is 0 Å². The van der Waals surface area contributed by atoms with Crippen LogP contribution in [0, 0.1) is 6.92 Å². The van der Waals surface area contributed by atoms with Gasteiger partial charge in [0.1, 0.15) is 5.75 Å². The maximum Gasteiger partial charge on any atom is 0.238 e. The Kier molecular flexibility index (Phi) is 3.21. The zero-order chi connectivity index (χ0) is 11.6. The summed E-state index contributed by atoms with van der Waals surface area (Å²) in [6, 6.07) is 2.90. The number of sulfonamides is 1. The van der Waals surface area contributed by atoms with Crippen LogP contribution in [0.1, 0.15) is 12.5 Å². The van der Waals surface area contributed by atoms with Gasteiger partial charge in [0.15, 0.2) is 0 Å². The molecule has 6 heteroatoms. The SMILES string of the molecule is CCOc1cc(N)cc(S(N)(=O)=O)c1C. The summed E-state index contributed by atoms with van der Waals surface area (Å²) < 4.78 is 27.7. The molecule has 0 aliphatic heterocycles. The van der Waals surface area contributed by atoms with Gasteiger partial charge in [-0.1, -0.05) is 0 Å². The highest BCUT2D eigenvalue weighted by Crippen LogP contribution is 2.27. The van der Waals surface area contributed by atoms with Crippen LogP contribution in [0.25, 0.3) is 0 Å². The van der Waals surface area contributed by atoms with E-state index in [1.54, 1.807) is 19.9 Å². The Labute approximate surface area is 89.1 Å². The molecule has 0 saturated heterocycles. The van der Waals surface area contributed by atoms with E-state index in [0.717, 1.165) is 0 Å². The van der Waals surface area contributed by atoms with E-state index in [0.29, 0.717) is 23.6 Å². The maximum absolute atomic E-state index is 11.2. The number of anilines is 1. The molecular formula is C9H14N2O3S. The Morgan fingerprint density at radius 2 is 2.00 bits per heavy atom. The fourth-order valence-electron chi connectivity index (χ4n) is 1.28. The molecule has 0 aromatic heterocycles. The molecule has 1 rings (SSSR count). The molecule has 1 aromatic rings. The van der Waals surface area contributed by atoms with E-state index in [-0.39, 0.29) is 4.90 Å². The van der Waals surface area contributed by atoms with E-state index < -0.39 is 10.0 Å². The number of hydrogen-bond donors (Lipinski definition) is 2. The lowest BCUT2D eigenvalue weighted by atomic mass is 10.2. The molecule has 0 aliphatic rings. The zero-order valence-electron chi connectivity index (χ0n) is 8.65. The summed E-state index contributed by atoms with van der Waals surface area (Å²) in [7, 11) is -3.76. The molecule has 84 valence electrons. The third kappa shape index (κ3) is 2.60. The highest BCUT2D eigenvalue weighted by molar-refractivity contribution is 7.89. The summed E-state index contributed by atoms with van der Waals surface area (Å²) in [6.07, 6.45) is 0. The molecule has 0 unspecified atom stereocenters. The van der Waals surface area contributed by atoms with E-state index >= 15 is 0 Å². The Morgan fingerprint density at radius 3 is 2.47 bits per heavy atom. The summed E-state index contributed by atoms with van der Waals surface area (Å²) in [6.45, 7) is 3.87. The second kappa shape index (κ2) is 4.08. The van der Waals surface area contributed by atoms with Crippen molar-refractivity contribution in [3.8, 4) is 5.75 Å². The molecule has 0 fully saturated rings. The van der Waals surface area contributed by atoms with E-state index in [1.165, 1.54) is 6.07 Å². The van der Waals surface area contributed by atoms with Crippen LogP contribution < -0.4 is 15.6 Å². The Hall–Kier alpha value is -1.27. The molecule has 5 nitrogen and oxygen atoms in total. The van der Waals surface area contributed by atoms with E-state index in [9.17, 15) is 8.42 Å². The molecule has 0 saturated carbocycles. The Bertz CT molecular complexity index is 468. The molecule has 0 radical (unpaired) electrons. The van der Waals surface area contributed by atoms with Crippen molar-refractivity contribution in [3.63, 3.8) is 0 Å². The number of rotatable bonds is 3. The lowest BCUT2D eigenvalue weighted by molar-refractivity contribution is 0.337. The van der Waals surface area contributed by atoms with Gasteiger partial charge in [0.05, 0.1) is 11.5 Å². The molecule has 0 spiro atoms. The second-order valence-electron chi connectivity index (χ2n) is 3.12. The van der Waals surface area contributed by atoms with Gasteiger partial charge in [-0.3, -0.25) is 0 Å². The molecule has 1 aromatic carbocycles. The fraction of sp³-hybridized carbons (Fsp3) is 0.333. The van der Waals surface area contributed by atoms with Gasteiger partial charge in [0, 0.05) is 17.3 Å². The van der Waals surface area contributed by atoms with Crippen LogP contribution in [-0.2, 0) is 10.0 Å². The normalized spacial score (nSPS) is 11.4. The van der Waals surface area contributed by atoms with Crippen LogP contribution >= 0.6 is 0 Å². The van der Waals surface area contributed by atoms with Gasteiger partial charge in [-0.2, -0.15) is 0 Å². The number of primary sulfonamides is 1. The van der Waals surface area contributed by atoms with Gasteiger partial charge in [0.2, 0.25) is 10.0 Å². The first-order valence-electron chi connectivity index (χ1n) is 4.42. The van der Waals surface area contributed by atoms with Crippen LogP contribution in [0.2, 0.25) is 0 Å². The molecule has 0 amide bonds. The minimum absolute atomic E-state index is 0.00551. The van der Waals surface area contributed by atoms with Crippen molar-refractivity contribution in [2.75, 3.05) is 12.3 Å². The van der Waals surface area contributed by atoms with Gasteiger partial charge < -0.3 is 10.5 Å². The van der Waals surface area contributed by atoms with Crippen molar-refractivity contribution in [2.45, 2.75) is 18.7 Å². The molecule has 4 N–H and O–H groups in total. The third-order valence-electron chi connectivity index (χ3n) is 1.94. The molecule has 0 atom stereocenters. The lowest BCUT2D eigenvalue weighted by Crippen LogP contribution is -2.14. The monoisotopic (exact) mass is 230 g/mol. The Balaban J connectivity index is 3.42. The standard InChI is InChI=1S/C9H14N2O3S/c1-3-14-8-4-7(10)5-9(6(8)2)15(11,12)13/h4-5H,3,10H2,1-2H3,(H2,11,12,13). The number of ether oxygens (including phenoxy) is 1. The van der Waals surface area contributed by atoms with Crippen molar-refractivity contribution < 1.29 is 13.2 Å². The molecule has 0 heterocycles. The second-order valence-corrected chi connectivity index (χ2v) is 4.65. The topological polar surface area (TPSA) is 95.4 Å². The van der Waals surface area contributed by atoms with Crippen LogP contribution in [-0.4, -0.2) is 15.0 Å². The quantitative estimate of drug-likeness (QED) is 0.744. The molecular weight excluding hydrogens is 216 g/mol. The smallest absolute Gasteiger partial charge is 0.238 e. The largest absolute Gasteiger partial charge is 0.493 e. The van der Waals surface area contributed by atoms with E-state index in [1.807, 2.05) is 0 Å². The number of nitrogen functional groups attached to an aromatic ring is 1. The van der Waals surface area contributed by atoms with E-state index in [2.05, 4.69) is 0 Å². The van der Waals surface area contributed by atoms with Gasteiger partial charge in [-0.15, -0.1) is 0 Å². The first-order valence-corrected chi connectivity index (χ1v) is 5.96. The number of nitrogens with two attached hydrogens (primary N) is 2. The van der Waals surface area contributed by atoms with Gasteiger partial charge >= 0.3 is 0 Å². The summed E-state index contributed by atoms with van der Waals surface area (Å²) in [4.78, 5) is 0.00551. The summed E-state index contributed by atoms with van der Waals surface area (Å²) >= 11 is 0. The predicted octanol–water partition coefficient (Wildman–Crippen LogP) is 0.623. The number of hydrogen-bond acceptors (Lipinski definition) is 4. The molecule has 15 heavy (non-hydrogen) atoms. The summed E-state index contributed by atoms with van der Waals surface area (Å²) in [5.41, 5.74) is 6.35. The highest BCUT2D eigenvalue weighted by Gasteiger charge is 2.15.